The van der Waals surface area contributed by atoms with Gasteiger partial charge < -0.3 is 9.64 Å². The van der Waals surface area contributed by atoms with E-state index in [1.54, 1.807) is 0 Å². The summed E-state index contributed by atoms with van der Waals surface area (Å²) in [5.41, 5.74) is 2.22. The number of hydrogen-bond acceptors (Lipinski definition) is 3. The molecular formula is C16H25N3O2. The van der Waals surface area contributed by atoms with Crippen LogP contribution in [0.5, 0.6) is 0 Å². The predicted molar refractivity (Wildman–Crippen MR) is 80.0 cm³/mol. The van der Waals surface area contributed by atoms with Crippen LogP contribution >= 0.6 is 0 Å². The van der Waals surface area contributed by atoms with Gasteiger partial charge in [-0.05, 0) is 45.6 Å². The second-order valence-corrected chi connectivity index (χ2v) is 6.33. The number of aryl methyl sites for hydroxylation is 2. The van der Waals surface area contributed by atoms with E-state index in [1.807, 2.05) is 11.6 Å². The maximum Gasteiger partial charge on any atom is 0.225 e. The Balaban J connectivity index is 1.61. The molecule has 0 N–H and O–H groups in total. The molecule has 3 rings (SSSR count). The standard InChI is InChI=1S/C16H25N3O2/c1-12-9-13(2)19(17-12)11-14-5-3-7-18(14)16(20)10-15-6-4-8-21-15/h9,14-15H,3-8,10-11H2,1-2H3/t14-,15-/m1/s1. The molecule has 5 nitrogen and oxygen atoms in total. The third-order valence-electron chi connectivity index (χ3n) is 4.61. The normalized spacial score (nSPS) is 25.7. The summed E-state index contributed by atoms with van der Waals surface area (Å²) in [4.78, 5) is 14.6. The molecule has 0 aliphatic carbocycles. The fourth-order valence-electron chi connectivity index (χ4n) is 3.53. The SMILES string of the molecule is Cc1cc(C)n(C[C@H]2CCCN2C(=O)C[C@H]2CCCO2)n1. The van der Waals surface area contributed by atoms with Gasteiger partial charge in [0.05, 0.1) is 30.8 Å². The maximum atomic E-state index is 12.5. The minimum Gasteiger partial charge on any atom is -0.378 e. The Morgan fingerprint density at radius 1 is 1.38 bits per heavy atom. The van der Waals surface area contributed by atoms with Crippen LogP contribution in [-0.2, 0) is 16.1 Å². The van der Waals surface area contributed by atoms with Crippen LogP contribution in [0.2, 0.25) is 0 Å². The molecule has 0 bridgehead atoms. The molecule has 0 spiro atoms. The number of aromatic nitrogens is 2. The maximum absolute atomic E-state index is 12.5. The van der Waals surface area contributed by atoms with Gasteiger partial charge in [-0.3, -0.25) is 9.48 Å². The van der Waals surface area contributed by atoms with Gasteiger partial charge in [0.25, 0.3) is 0 Å². The van der Waals surface area contributed by atoms with E-state index in [2.05, 4.69) is 23.0 Å². The number of amides is 1. The van der Waals surface area contributed by atoms with Crippen LogP contribution in [0.25, 0.3) is 0 Å². The lowest BCUT2D eigenvalue weighted by atomic mass is 10.1. The number of carbonyl (C=O) groups excluding carboxylic acids is 1. The fraction of sp³-hybridized carbons (Fsp3) is 0.750. The first-order valence-corrected chi connectivity index (χ1v) is 8.05. The summed E-state index contributed by atoms with van der Waals surface area (Å²) in [5, 5.41) is 4.52. The molecule has 116 valence electrons. The van der Waals surface area contributed by atoms with Crippen LogP contribution in [0.15, 0.2) is 6.07 Å². The molecule has 0 radical (unpaired) electrons. The first-order chi connectivity index (χ1) is 10.1. The minimum absolute atomic E-state index is 0.146. The van der Waals surface area contributed by atoms with Gasteiger partial charge in [0.1, 0.15) is 0 Å². The van der Waals surface area contributed by atoms with Gasteiger partial charge in [0.15, 0.2) is 0 Å². The molecule has 5 heteroatoms. The van der Waals surface area contributed by atoms with Gasteiger partial charge in [-0.2, -0.15) is 5.10 Å². The zero-order valence-electron chi connectivity index (χ0n) is 13.0. The van der Waals surface area contributed by atoms with Gasteiger partial charge in [-0.25, -0.2) is 0 Å². The number of likely N-dealkylation sites (tertiary alicyclic amines) is 1. The summed E-state index contributed by atoms with van der Waals surface area (Å²) in [5.74, 6) is 0.255. The third-order valence-corrected chi connectivity index (χ3v) is 4.61. The van der Waals surface area contributed by atoms with Crippen molar-refractivity contribution in [1.29, 1.82) is 0 Å². The van der Waals surface area contributed by atoms with Gasteiger partial charge in [-0.1, -0.05) is 0 Å². The number of rotatable bonds is 4. The van der Waals surface area contributed by atoms with Crippen LogP contribution in [-0.4, -0.2) is 45.9 Å². The summed E-state index contributed by atoms with van der Waals surface area (Å²) < 4.78 is 7.63. The highest BCUT2D eigenvalue weighted by Gasteiger charge is 2.31. The van der Waals surface area contributed by atoms with Crippen molar-refractivity contribution in [2.24, 2.45) is 0 Å². The molecule has 2 aliphatic rings. The minimum atomic E-state index is 0.146. The zero-order chi connectivity index (χ0) is 14.8. The molecule has 0 saturated carbocycles. The lowest BCUT2D eigenvalue weighted by Crippen LogP contribution is -2.39. The zero-order valence-corrected chi connectivity index (χ0v) is 13.0. The molecule has 0 aromatic carbocycles. The monoisotopic (exact) mass is 291 g/mol. The highest BCUT2D eigenvalue weighted by molar-refractivity contribution is 5.77. The number of nitrogens with zero attached hydrogens (tertiary/aromatic N) is 3. The largest absolute Gasteiger partial charge is 0.378 e. The molecular weight excluding hydrogens is 266 g/mol. The average molecular weight is 291 g/mol. The summed E-state index contributed by atoms with van der Waals surface area (Å²) in [6.45, 7) is 6.60. The number of ether oxygens (including phenoxy) is 1. The highest BCUT2D eigenvalue weighted by atomic mass is 16.5. The Hall–Kier alpha value is -1.36. The summed E-state index contributed by atoms with van der Waals surface area (Å²) >= 11 is 0. The summed E-state index contributed by atoms with van der Waals surface area (Å²) in [6, 6.07) is 2.38. The van der Waals surface area contributed by atoms with Crippen molar-refractivity contribution in [3.63, 3.8) is 0 Å². The predicted octanol–water partition coefficient (Wildman–Crippen LogP) is 2.06. The summed E-state index contributed by atoms with van der Waals surface area (Å²) in [6.07, 6.45) is 4.99. The molecule has 2 atom stereocenters. The van der Waals surface area contributed by atoms with Crippen molar-refractivity contribution in [3.8, 4) is 0 Å². The van der Waals surface area contributed by atoms with E-state index in [9.17, 15) is 4.79 Å². The van der Waals surface area contributed by atoms with Gasteiger partial charge in [-0.15, -0.1) is 0 Å². The van der Waals surface area contributed by atoms with E-state index < -0.39 is 0 Å². The molecule has 1 aromatic rings. The molecule has 2 fully saturated rings. The van der Waals surface area contributed by atoms with Crippen LogP contribution in [0.3, 0.4) is 0 Å². The van der Waals surface area contributed by atoms with Crippen LogP contribution < -0.4 is 0 Å². The van der Waals surface area contributed by atoms with Crippen molar-refractivity contribution in [2.75, 3.05) is 13.2 Å². The van der Waals surface area contributed by atoms with Gasteiger partial charge >= 0.3 is 0 Å². The Labute approximate surface area is 126 Å². The van der Waals surface area contributed by atoms with Gasteiger partial charge in [0, 0.05) is 18.8 Å². The van der Waals surface area contributed by atoms with Crippen molar-refractivity contribution in [2.45, 2.75) is 64.6 Å². The van der Waals surface area contributed by atoms with Crippen molar-refractivity contribution >= 4 is 5.91 Å². The molecule has 3 heterocycles. The molecule has 1 amide bonds. The number of carbonyl (C=O) groups is 1. The Bertz CT molecular complexity index is 506. The highest BCUT2D eigenvalue weighted by Crippen LogP contribution is 2.23. The quantitative estimate of drug-likeness (QED) is 0.853. The second kappa shape index (κ2) is 6.18. The Morgan fingerprint density at radius 3 is 2.90 bits per heavy atom. The van der Waals surface area contributed by atoms with Crippen LogP contribution in [0.4, 0.5) is 0 Å². The molecule has 2 aliphatic heterocycles. The number of hydrogen-bond donors (Lipinski definition) is 0. The first kappa shape index (κ1) is 14.6. The van der Waals surface area contributed by atoms with Crippen molar-refractivity contribution in [1.82, 2.24) is 14.7 Å². The Morgan fingerprint density at radius 2 is 2.24 bits per heavy atom. The smallest absolute Gasteiger partial charge is 0.225 e. The second-order valence-electron chi connectivity index (χ2n) is 6.33. The summed E-state index contributed by atoms with van der Waals surface area (Å²) in [7, 11) is 0. The van der Waals surface area contributed by atoms with Gasteiger partial charge in [0.2, 0.25) is 5.91 Å². The lowest BCUT2D eigenvalue weighted by Gasteiger charge is -2.26. The van der Waals surface area contributed by atoms with Crippen molar-refractivity contribution in [3.05, 3.63) is 17.5 Å². The average Bonchev–Trinajstić information content (AvgIpc) is 3.13. The van der Waals surface area contributed by atoms with E-state index in [0.29, 0.717) is 6.42 Å². The first-order valence-electron chi connectivity index (χ1n) is 8.05. The van der Waals surface area contributed by atoms with E-state index >= 15 is 0 Å². The fourth-order valence-corrected chi connectivity index (χ4v) is 3.53. The van der Waals surface area contributed by atoms with E-state index in [0.717, 1.165) is 51.1 Å². The lowest BCUT2D eigenvalue weighted by molar-refractivity contribution is -0.134. The van der Waals surface area contributed by atoms with E-state index in [-0.39, 0.29) is 18.1 Å². The topological polar surface area (TPSA) is 47.4 Å². The van der Waals surface area contributed by atoms with Crippen molar-refractivity contribution < 1.29 is 9.53 Å². The van der Waals surface area contributed by atoms with Crippen LogP contribution in [0.1, 0.15) is 43.5 Å². The van der Waals surface area contributed by atoms with E-state index in [1.165, 1.54) is 5.69 Å². The third kappa shape index (κ3) is 3.28. The molecule has 0 unspecified atom stereocenters. The molecule has 21 heavy (non-hydrogen) atoms. The van der Waals surface area contributed by atoms with Crippen LogP contribution in [0, 0.1) is 13.8 Å². The molecule has 2 saturated heterocycles. The molecule has 1 aromatic heterocycles. The van der Waals surface area contributed by atoms with E-state index in [4.69, 9.17) is 4.74 Å². The Kier molecular flexibility index (Phi) is 4.29.